The maximum Gasteiger partial charge on any atom is 0.123 e. The average Bonchev–Trinajstić information content (AvgIpc) is 2.93. The standard InChI is InChI=1S/C16H22FN/c1-18-11-16(10-13-2-5-14(16)8-13)9-12-3-6-15(17)7-4-12/h3-4,6-7,13-14,18H,2,5,8-11H2,1H3. The van der Waals surface area contributed by atoms with Crippen molar-refractivity contribution in [3.05, 3.63) is 35.6 Å². The monoisotopic (exact) mass is 247 g/mol. The van der Waals surface area contributed by atoms with E-state index in [0.29, 0.717) is 5.41 Å². The topological polar surface area (TPSA) is 12.0 Å². The summed E-state index contributed by atoms with van der Waals surface area (Å²) >= 11 is 0. The fourth-order valence-electron chi connectivity index (χ4n) is 4.41. The molecule has 0 aromatic heterocycles. The largest absolute Gasteiger partial charge is 0.319 e. The van der Waals surface area contributed by atoms with Crippen LogP contribution in [0.5, 0.6) is 0 Å². The second-order valence-electron chi connectivity index (χ2n) is 6.28. The maximum absolute atomic E-state index is 13.0. The second kappa shape index (κ2) is 4.65. The number of rotatable bonds is 4. The Balaban J connectivity index is 1.80. The van der Waals surface area contributed by atoms with E-state index in [1.807, 2.05) is 12.1 Å². The van der Waals surface area contributed by atoms with Gasteiger partial charge in [0.1, 0.15) is 5.82 Å². The molecule has 2 heteroatoms. The molecule has 2 saturated carbocycles. The van der Waals surface area contributed by atoms with E-state index in [1.54, 1.807) is 12.1 Å². The fraction of sp³-hybridized carbons (Fsp3) is 0.625. The highest BCUT2D eigenvalue weighted by Crippen LogP contribution is 2.57. The number of hydrogen-bond donors (Lipinski definition) is 1. The SMILES string of the molecule is CNCC1(Cc2ccc(F)cc2)CC2CCC1C2. The van der Waals surface area contributed by atoms with Gasteiger partial charge in [0.05, 0.1) is 0 Å². The van der Waals surface area contributed by atoms with Gasteiger partial charge in [-0.05, 0) is 67.7 Å². The van der Waals surface area contributed by atoms with E-state index < -0.39 is 0 Å². The Bertz CT molecular complexity index is 414. The third kappa shape index (κ3) is 2.07. The molecule has 1 aromatic carbocycles. The minimum atomic E-state index is -0.130. The average molecular weight is 247 g/mol. The van der Waals surface area contributed by atoms with Crippen molar-refractivity contribution in [1.29, 1.82) is 0 Å². The van der Waals surface area contributed by atoms with Crippen LogP contribution in [0, 0.1) is 23.1 Å². The molecule has 1 N–H and O–H groups in total. The van der Waals surface area contributed by atoms with Crippen LogP contribution in [-0.2, 0) is 6.42 Å². The van der Waals surface area contributed by atoms with Crippen molar-refractivity contribution in [3.63, 3.8) is 0 Å². The van der Waals surface area contributed by atoms with Crippen LogP contribution in [0.2, 0.25) is 0 Å². The van der Waals surface area contributed by atoms with E-state index in [4.69, 9.17) is 0 Å². The number of nitrogens with one attached hydrogen (secondary N) is 1. The number of hydrogen-bond acceptors (Lipinski definition) is 1. The van der Waals surface area contributed by atoms with Gasteiger partial charge in [0.2, 0.25) is 0 Å². The van der Waals surface area contributed by atoms with E-state index in [9.17, 15) is 4.39 Å². The first-order chi connectivity index (χ1) is 8.72. The van der Waals surface area contributed by atoms with Crippen LogP contribution in [0.25, 0.3) is 0 Å². The Kier molecular flexibility index (Phi) is 3.14. The molecule has 3 rings (SSSR count). The zero-order valence-corrected chi connectivity index (χ0v) is 11.1. The lowest BCUT2D eigenvalue weighted by molar-refractivity contribution is 0.160. The zero-order chi connectivity index (χ0) is 12.6. The molecule has 0 spiro atoms. The van der Waals surface area contributed by atoms with Crippen molar-refractivity contribution in [2.24, 2.45) is 17.3 Å². The van der Waals surface area contributed by atoms with E-state index in [2.05, 4.69) is 12.4 Å². The van der Waals surface area contributed by atoms with Crippen LogP contribution in [0.3, 0.4) is 0 Å². The van der Waals surface area contributed by atoms with Crippen molar-refractivity contribution in [1.82, 2.24) is 5.32 Å². The molecule has 3 unspecified atom stereocenters. The van der Waals surface area contributed by atoms with E-state index >= 15 is 0 Å². The van der Waals surface area contributed by atoms with Gasteiger partial charge in [0.25, 0.3) is 0 Å². The predicted octanol–water partition coefficient (Wildman–Crippen LogP) is 3.39. The summed E-state index contributed by atoms with van der Waals surface area (Å²) < 4.78 is 13.0. The number of benzene rings is 1. The van der Waals surface area contributed by atoms with Crippen molar-refractivity contribution in [2.75, 3.05) is 13.6 Å². The zero-order valence-electron chi connectivity index (χ0n) is 11.1. The first-order valence-electron chi connectivity index (χ1n) is 7.11. The summed E-state index contributed by atoms with van der Waals surface area (Å²) in [5.41, 5.74) is 1.72. The highest BCUT2D eigenvalue weighted by Gasteiger charge is 2.50. The summed E-state index contributed by atoms with van der Waals surface area (Å²) in [6.07, 6.45) is 6.71. The van der Waals surface area contributed by atoms with Crippen LogP contribution in [0.15, 0.2) is 24.3 Å². The van der Waals surface area contributed by atoms with Gasteiger partial charge >= 0.3 is 0 Å². The molecule has 18 heavy (non-hydrogen) atoms. The lowest BCUT2D eigenvalue weighted by Gasteiger charge is -2.38. The molecule has 3 atom stereocenters. The molecule has 0 radical (unpaired) electrons. The normalized spacial score (nSPS) is 34.1. The molecular weight excluding hydrogens is 225 g/mol. The molecule has 2 aliphatic carbocycles. The number of halogens is 1. The molecule has 2 fully saturated rings. The third-order valence-corrected chi connectivity index (χ3v) is 5.10. The van der Waals surface area contributed by atoms with Gasteiger partial charge < -0.3 is 5.32 Å². The van der Waals surface area contributed by atoms with E-state index in [-0.39, 0.29) is 5.82 Å². The van der Waals surface area contributed by atoms with Crippen LogP contribution in [0.4, 0.5) is 4.39 Å². The lowest BCUT2D eigenvalue weighted by Crippen LogP contribution is -2.39. The van der Waals surface area contributed by atoms with Gasteiger partial charge in [-0.25, -0.2) is 4.39 Å². The fourth-order valence-corrected chi connectivity index (χ4v) is 4.41. The Hall–Kier alpha value is -0.890. The smallest absolute Gasteiger partial charge is 0.123 e. The molecule has 1 aromatic rings. The quantitative estimate of drug-likeness (QED) is 0.860. The molecule has 0 saturated heterocycles. The summed E-state index contributed by atoms with van der Waals surface area (Å²) in [7, 11) is 2.05. The summed E-state index contributed by atoms with van der Waals surface area (Å²) in [6.45, 7) is 1.10. The van der Waals surface area contributed by atoms with Crippen molar-refractivity contribution in [3.8, 4) is 0 Å². The molecule has 1 nitrogen and oxygen atoms in total. The first kappa shape index (κ1) is 12.2. The molecule has 2 bridgehead atoms. The lowest BCUT2D eigenvalue weighted by atomic mass is 9.69. The van der Waals surface area contributed by atoms with Gasteiger partial charge in [-0.2, -0.15) is 0 Å². The molecule has 0 heterocycles. The molecule has 0 aliphatic heterocycles. The van der Waals surface area contributed by atoms with Crippen molar-refractivity contribution < 1.29 is 4.39 Å². The third-order valence-electron chi connectivity index (χ3n) is 5.10. The van der Waals surface area contributed by atoms with E-state index in [1.165, 1.54) is 31.2 Å². The molecule has 98 valence electrons. The minimum absolute atomic E-state index is 0.130. The number of fused-ring (bicyclic) bond motifs is 2. The van der Waals surface area contributed by atoms with Crippen LogP contribution >= 0.6 is 0 Å². The first-order valence-corrected chi connectivity index (χ1v) is 7.11. The Labute approximate surface area is 109 Å². The molecular formula is C16H22FN. The summed E-state index contributed by atoms with van der Waals surface area (Å²) in [5, 5.41) is 3.39. The van der Waals surface area contributed by atoms with Crippen molar-refractivity contribution >= 4 is 0 Å². The van der Waals surface area contributed by atoms with Gasteiger partial charge in [-0.15, -0.1) is 0 Å². The molecule has 2 aliphatic rings. The Morgan fingerprint density at radius 1 is 1.28 bits per heavy atom. The summed E-state index contributed by atoms with van der Waals surface area (Å²) in [5.74, 6) is 1.69. The van der Waals surface area contributed by atoms with Gasteiger partial charge in [0.15, 0.2) is 0 Å². The molecule has 0 amide bonds. The summed E-state index contributed by atoms with van der Waals surface area (Å²) in [6, 6.07) is 7.10. The van der Waals surface area contributed by atoms with Crippen LogP contribution < -0.4 is 5.32 Å². The van der Waals surface area contributed by atoms with Gasteiger partial charge in [-0.1, -0.05) is 18.6 Å². The van der Waals surface area contributed by atoms with Gasteiger partial charge in [-0.3, -0.25) is 0 Å². The van der Waals surface area contributed by atoms with Crippen LogP contribution in [-0.4, -0.2) is 13.6 Å². The predicted molar refractivity (Wildman–Crippen MR) is 71.9 cm³/mol. The highest BCUT2D eigenvalue weighted by atomic mass is 19.1. The Morgan fingerprint density at radius 2 is 2.06 bits per heavy atom. The van der Waals surface area contributed by atoms with E-state index in [0.717, 1.165) is 24.8 Å². The second-order valence-corrected chi connectivity index (χ2v) is 6.28. The van der Waals surface area contributed by atoms with Gasteiger partial charge in [0, 0.05) is 6.54 Å². The maximum atomic E-state index is 13.0. The summed E-state index contributed by atoms with van der Waals surface area (Å²) in [4.78, 5) is 0. The highest BCUT2D eigenvalue weighted by molar-refractivity contribution is 5.20. The van der Waals surface area contributed by atoms with Crippen molar-refractivity contribution in [2.45, 2.75) is 32.1 Å². The minimum Gasteiger partial charge on any atom is -0.319 e. The Morgan fingerprint density at radius 3 is 2.61 bits per heavy atom. The van der Waals surface area contributed by atoms with Crippen LogP contribution in [0.1, 0.15) is 31.2 Å².